The molecule has 134 valence electrons. The third kappa shape index (κ3) is 3.19. The fraction of sp³-hybridized carbons (Fsp3) is 0.667. The number of aryl methyl sites for hydroxylation is 1. The molecule has 2 fully saturated rings. The summed E-state index contributed by atoms with van der Waals surface area (Å²) in [5.74, 6) is 0.430. The summed E-state index contributed by atoms with van der Waals surface area (Å²) in [5, 5.41) is 12.8. The van der Waals surface area contributed by atoms with Crippen molar-refractivity contribution in [1.29, 1.82) is 0 Å². The molecule has 25 heavy (non-hydrogen) atoms. The Balaban J connectivity index is 1.57. The number of likely N-dealkylation sites (tertiary alicyclic amines) is 1. The number of carbonyl (C=O) groups is 1. The van der Waals surface area contributed by atoms with Crippen LogP contribution < -0.4 is 4.90 Å². The van der Waals surface area contributed by atoms with E-state index in [1.54, 1.807) is 10.8 Å². The van der Waals surface area contributed by atoms with Crippen LogP contribution in [-0.4, -0.2) is 56.8 Å². The monoisotopic (exact) mass is 342 g/mol. The van der Waals surface area contributed by atoms with Crippen LogP contribution in [0.1, 0.15) is 44.7 Å². The average Bonchev–Trinajstić information content (AvgIpc) is 3.16. The molecular weight excluding hydrogens is 316 g/mol. The topological polar surface area (TPSA) is 66.6 Å². The molecule has 1 unspecified atom stereocenters. The number of nitrogens with zero attached hydrogens (tertiary/aromatic N) is 6. The van der Waals surface area contributed by atoms with E-state index in [4.69, 9.17) is 0 Å². The first-order valence-corrected chi connectivity index (χ1v) is 9.50. The highest BCUT2D eigenvalue weighted by Gasteiger charge is 2.31. The van der Waals surface area contributed by atoms with Crippen molar-refractivity contribution in [3.63, 3.8) is 0 Å². The molecule has 0 saturated carbocycles. The van der Waals surface area contributed by atoms with Gasteiger partial charge >= 0.3 is 0 Å². The molecule has 2 aliphatic heterocycles. The molecule has 4 rings (SSSR count). The average molecular weight is 342 g/mol. The zero-order valence-corrected chi connectivity index (χ0v) is 14.9. The first-order chi connectivity index (χ1) is 12.3. The highest BCUT2D eigenvalue weighted by atomic mass is 16.2. The van der Waals surface area contributed by atoms with Gasteiger partial charge in [0.2, 0.25) is 11.6 Å². The van der Waals surface area contributed by atoms with Crippen LogP contribution >= 0.6 is 0 Å². The Morgan fingerprint density at radius 1 is 1.20 bits per heavy atom. The minimum absolute atomic E-state index is 0.0908. The van der Waals surface area contributed by atoms with E-state index in [1.807, 2.05) is 0 Å². The van der Waals surface area contributed by atoms with Gasteiger partial charge in [-0.25, -0.2) is 0 Å². The van der Waals surface area contributed by atoms with E-state index in [9.17, 15) is 4.79 Å². The van der Waals surface area contributed by atoms with Gasteiger partial charge in [0.15, 0.2) is 0 Å². The van der Waals surface area contributed by atoms with Crippen molar-refractivity contribution >= 4 is 17.2 Å². The maximum Gasteiger partial charge on any atom is 0.227 e. The van der Waals surface area contributed by atoms with Gasteiger partial charge in [-0.2, -0.15) is 9.61 Å². The van der Waals surface area contributed by atoms with E-state index < -0.39 is 0 Å². The normalized spacial score (nSPS) is 21.7. The van der Waals surface area contributed by atoms with Crippen LogP contribution in [0, 0.1) is 5.92 Å². The molecule has 1 amide bonds. The van der Waals surface area contributed by atoms with Crippen molar-refractivity contribution in [2.75, 3.05) is 31.1 Å². The van der Waals surface area contributed by atoms with E-state index in [0.29, 0.717) is 5.91 Å². The first-order valence-electron chi connectivity index (χ1n) is 9.50. The van der Waals surface area contributed by atoms with Crippen LogP contribution in [0.4, 0.5) is 5.69 Å². The second-order valence-electron chi connectivity index (χ2n) is 7.14. The fourth-order valence-corrected chi connectivity index (χ4v) is 4.04. The summed E-state index contributed by atoms with van der Waals surface area (Å²) in [5.41, 5.74) is 2.86. The van der Waals surface area contributed by atoms with Gasteiger partial charge in [-0.3, -0.25) is 4.79 Å². The molecule has 0 radical (unpaired) electrons. The lowest BCUT2D eigenvalue weighted by Gasteiger charge is -2.37. The number of amides is 1. The van der Waals surface area contributed by atoms with Crippen LogP contribution in [0.5, 0.6) is 0 Å². The molecule has 4 heterocycles. The predicted octanol–water partition coefficient (Wildman–Crippen LogP) is 1.92. The summed E-state index contributed by atoms with van der Waals surface area (Å²) < 4.78 is 1.75. The van der Waals surface area contributed by atoms with Crippen LogP contribution in [0.15, 0.2) is 12.4 Å². The molecule has 0 N–H and O–H groups in total. The smallest absolute Gasteiger partial charge is 0.227 e. The lowest BCUT2D eigenvalue weighted by Crippen LogP contribution is -2.46. The summed E-state index contributed by atoms with van der Waals surface area (Å²) in [7, 11) is 0. The third-order valence-corrected chi connectivity index (χ3v) is 5.44. The van der Waals surface area contributed by atoms with Gasteiger partial charge < -0.3 is 9.80 Å². The Hall–Kier alpha value is -2.18. The minimum atomic E-state index is 0.0908. The SMILES string of the molecule is CCc1cc(N2CCCC(C(=O)N3CCCCC3)C2)c2nncn2n1. The molecule has 2 aliphatic rings. The minimum Gasteiger partial charge on any atom is -0.368 e. The van der Waals surface area contributed by atoms with Crippen molar-refractivity contribution in [3.05, 3.63) is 18.1 Å². The highest BCUT2D eigenvalue weighted by Crippen LogP contribution is 2.28. The zero-order valence-electron chi connectivity index (χ0n) is 14.9. The summed E-state index contributed by atoms with van der Waals surface area (Å²) in [6.07, 6.45) is 8.08. The number of piperidine rings is 2. The summed E-state index contributed by atoms with van der Waals surface area (Å²) in [6.45, 7) is 5.68. The van der Waals surface area contributed by atoms with E-state index in [0.717, 1.165) is 75.3 Å². The quantitative estimate of drug-likeness (QED) is 0.852. The highest BCUT2D eigenvalue weighted by molar-refractivity contribution is 5.80. The molecule has 0 aliphatic carbocycles. The molecule has 1 atom stereocenters. The molecule has 7 nitrogen and oxygen atoms in total. The largest absolute Gasteiger partial charge is 0.368 e. The molecular formula is C18H26N6O. The van der Waals surface area contributed by atoms with Crippen molar-refractivity contribution in [3.8, 4) is 0 Å². The molecule has 0 aromatic carbocycles. The Morgan fingerprint density at radius 2 is 2.04 bits per heavy atom. The Morgan fingerprint density at radius 3 is 2.84 bits per heavy atom. The van der Waals surface area contributed by atoms with Gasteiger partial charge in [0.25, 0.3) is 0 Å². The second-order valence-corrected chi connectivity index (χ2v) is 7.14. The fourth-order valence-electron chi connectivity index (χ4n) is 4.04. The standard InChI is InChI=1S/C18H26N6O/c1-2-15-11-16(17-20-19-13-24(17)21-15)23-10-6-7-14(12-23)18(25)22-8-4-3-5-9-22/h11,13-14H,2-10,12H2,1H3. The van der Waals surface area contributed by atoms with Gasteiger partial charge in [-0.05, 0) is 44.6 Å². The maximum atomic E-state index is 12.9. The molecule has 2 aromatic rings. The van der Waals surface area contributed by atoms with Crippen molar-refractivity contribution < 1.29 is 4.79 Å². The maximum absolute atomic E-state index is 12.9. The molecule has 2 aromatic heterocycles. The van der Waals surface area contributed by atoms with Gasteiger partial charge in [0.1, 0.15) is 6.33 Å². The number of aromatic nitrogens is 4. The number of hydrogen-bond donors (Lipinski definition) is 0. The van der Waals surface area contributed by atoms with Gasteiger partial charge in [-0.15, -0.1) is 10.2 Å². The van der Waals surface area contributed by atoms with E-state index >= 15 is 0 Å². The van der Waals surface area contributed by atoms with Gasteiger partial charge in [0.05, 0.1) is 17.3 Å². The summed E-state index contributed by atoms with van der Waals surface area (Å²) >= 11 is 0. The zero-order chi connectivity index (χ0) is 17.2. The van der Waals surface area contributed by atoms with Gasteiger partial charge in [-0.1, -0.05) is 6.92 Å². The number of anilines is 1. The van der Waals surface area contributed by atoms with Crippen LogP contribution in [0.25, 0.3) is 5.65 Å². The lowest BCUT2D eigenvalue weighted by molar-refractivity contribution is -0.136. The Kier molecular flexibility index (Phi) is 4.55. The Bertz CT molecular complexity index is 751. The molecule has 0 spiro atoms. The van der Waals surface area contributed by atoms with Crippen molar-refractivity contribution in [1.82, 2.24) is 24.7 Å². The molecule has 2 saturated heterocycles. The number of hydrogen-bond acceptors (Lipinski definition) is 5. The number of fused-ring (bicyclic) bond motifs is 1. The van der Waals surface area contributed by atoms with Crippen LogP contribution in [-0.2, 0) is 11.2 Å². The second kappa shape index (κ2) is 6.98. The van der Waals surface area contributed by atoms with Crippen molar-refractivity contribution in [2.24, 2.45) is 5.92 Å². The Labute approximate surface area is 148 Å². The first kappa shape index (κ1) is 16.3. The number of rotatable bonds is 3. The van der Waals surface area contributed by atoms with Crippen LogP contribution in [0.3, 0.4) is 0 Å². The summed E-state index contributed by atoms with van der Waals surface area (Å²) in [6, 6.07) is 2.11. The lowest BCUT2D eigenvalue weighted by atomic mass is 9.95. The van der Waals surface area contributed by atoms with Crippen LogP contribution in [0.2, 0.25) is 0 Å². The van der Waals surface area contributed by atoms with Gasteiger partial charge in [0, 0.05) is 26.2 Å². The molecule has 0 bridgehead atoms. The summed E-state index contributed by atoms with van der Waals surface area (Å²) in [4.78, 5) is 17.3. The van der Waals surface area contributed by atoms with E-state index in [1.165, 1.54) is 6.42 Å². The van der Waals surface area contributed by atoms with Crippen molar-refractivity contribution in [2.45, 2.75) is 45.4 Å². The molecule has 7 heteroatoms. The number of carbonyl (C=O) groups excluding carboxylic acids is 1. The predicted molar refractivity (Wildman–Crippen MR) is 95.5 cm³/mol. The van der Waals surface area contributed by atoms with E-state index in [2.05, 4.69) is 38.1 Å². The third-order valence-electron chi connectivity index (χ3n) is 5.44. The van der Waals surface area contributed by atoms with E-state index in [-0.39, 0.29) is 5.92 Å².